The number of hydrogen-bond donors (Lipinski definition) is 1. The number of nitrogens with zero attached hydrogens (tertiary/aromatic N) is 3. The minimum atomic E-state index is -0.566. The van der Waals surface area contributed by atoms with Gasteiger partial charge in [0.15, 0.2) is 0 Å². The van der Waals surface area contributed by atoms with Crippen molar-refractivity contribution in [1.29, 1.82) is 0 Å². The Hall–Kier alpha value is -1.80. The molecule has 3 amide bonds. The summed E-state index contributed by atoms with van der Waals surface area (Å²) in [5.74, 6) is -0.979. The molecule has 8 heteroatoms. The molecule has 3 fully saturated rings. The Kier molecular flexibility index (Phi) is 8.32. The van der Waals surface area contributed by atoms with Crippen molar-refractivity contribution >= 4 is 29.5 Å². The number of likely N-dealkylation sites (tertiary alicyclic amines) is 1. The van der Waals surface area contributed by atoms with Crippen LogP contribution < -0.4 is 0 Å². The van der Waals surface area contributed by atoms with Crippen LogP contribution in [0.3, 0.4) is 0 Å². The molecular weight excluding hydrogens is 438 g/mol. The van der Waals surface area contributed by atoms with Gasteiger partial charge in [-0.2, -0.15) is 0 Å². The van der Waals surface area contributed by atoms with E-state index in [4.69, 9.17) is 5.11 Å². The molecule has 7 nitrogen and oxygen atoms in total. The summed E-state index contributed by atoms with van der Waals surface area (Å²) in [6.07, 6.45) is 7.24. The zero-order chi connectivity index (χ0) is 24.3. The molecule has 2 bridgehead atoms. The van der Waals surface area contributed by atoms with Crippen LogP contribution in [0.15, 0.2) is 25.3 Å². The summed E-state index contributed by atoms with van der Waals surface area (Å²) in [4.78, 5) is 46.5. The molecule has 5 atom stereocenters. The average Bonchev–Trinajstić information content (AvgIpc) is 3.41. The maximum Gasteiger partial charge on any atom is 0.247 e. The van der Waals surface area contributed by atoms with Crippen LogP contribution >= 0.6 is 11.8 Å². The van der Waals surface area contributed by atoms with E-state index in [1.54, 1.807) is 45.7 Å². The summed E-state index contributed by atoms with van der Waals surface area (Å²) < 4.78 is -0.556. The fourth-order valence-electron chi connectivity index (χ4n) is 5.91. The molecule has 3 saturated heterocycles. The molecule has 33 heavy (non-hydrogen) atoms. The monoisotopic (exact) mass is 477 g/mol. The number of hydrogen-bond acceptors (Lipinski definition) is 5. The first-order valence-corrected chi connectivity index (χ1v) is 13.0. The van der Waals surface area contributed by atoms with Gasteiger partial charge in [0.05, 0.1) is 16.6 Å². The fraction of sp³-hybridized carbons (Fsp3) is 0.720. The highest BCUT2D eigenvalue weighted by atomic mass is 32.2. The van der Waals surface area contributed by atoms with Crippen molar-refractivity contribution < 1.29 is 19.5 Å². The highest BCUT2D eigenvalue weighted by molar-refractivity contribution is 8.02. The van der Waals surface area contributed by atoms with Gasteiger partial charge >= 0.3 is 0 Å². The first-order chi connectivity index (χ1) is 15.7. The summed E-state index contributed by atoms with van der Waals surface area (Å²) in [7, 11) is 1.76. The molecule has 0 aromatic rings. The summed E-state index contributed by atoms with van der Waals surface area (Å²) in [5.41, 5.74) is 0. The predicted octanol–water partition coefficient (Wildman–Crippen LogP) is 2.31. The highest BCUT2D eigenvalue weighted by Gasteiger charge is 2.73. The lowest BCUT2D eigenvalue weighted by molar-refractivity contribution is -0.144. The second-order valence-electron chi connectivity index (χ2n) is 9.75. The number of amides is 3. The van der Waals surface area contributed by atoms with Gasteiger partial charge in [-0.1, -0.05) is 12.2 Å². The van der Waals surface area contributed by atoms with Crippen LogP contribution in [-0.4, -0.2) is 92.9 Å². The Labute approximate surface area is 202 Å². The number of aliphatic hydroxyl groups is 1. The molecule has 3 aliphatic heterocycles. The topological polar surface area (TPSA) is 81.2 Å². The third kappa shape index (κ3) is 4.48. The summed E-state index contributed by atoms with van der Waals surface area (Å²) in [6, 6.07) is -0.582. The number of unbranched alkanes of at least 4 members (excludes halogenated alkanes) is 2. The zero-order valence-corrected chi connectivity index (χ0v) is 21.1. The minimum Gasteiger partial charge on any atom is -0.396 e. The molecule has 2 unspecified atom stereocenters. The molecule has 3 heterocycles. The highest BCUT2D eigenvalue weighted by Crippen LogP contribution is 2.66. The Morgan fingerprint density at radius 1 is 1.21 bits per heavy atom. The fourth-order valence-corrected chi connectivity index (χ4v) is 8.12. The lowest BCUT2D eigenvalue weighted by Gasteiger charge is -2.38. The number of carbonyl (C=O) groups is 3. The van der Waals surface area contributed by atoms with E-state index in [1.165, 1.54) is 0 Å². The normalized spacial score (nSPS) is 30.0. The molecule has 3 rings (SSSR count). The summed E-state index contributed by atoms with van der Waals surface area (Å²) >= 11 is 1.71. The number of aliphatic hydroxyl groups excluding tert-OH is 1. The molecule has 0 aromatic heterocycles. The van der Waals surface area contributed by atoms with Gasteiger partial charge in [-0.3, -0.25) is 14.4 Å². The van der Waals surface area contributed by atoms with Crippen LogP contribution in [0.4, 0.5) is 0 Å². The molecule has 184 valence electrons. The van der Waals surface area contributed by atoms with Gasteiger partial charge in [0.1, 0.15) is 6.04 Å². The molecule has 1 N–H and O–H groups in total. The molecular formula is C25H39N3O4S. The molecule has 0 aromatic carbocycles. The number of likely N-dealkylation sites (N-methyl/N-ethyl adjacent to an activating group) is 1. The van der Waals surface area contributed by atoms with Crippen molar-refractivity contribution in [2.45, 2.75) is 68.0 Å². The Morgan fingerprint density at radius 2 is 1.91 bits per heavy atom. The van der Waals surface area contributed by atoms with E-state index in [0.29, 0.717) is 26.1 Å². The lowest BCUT2D eigenvalue weighted by Crippen LogP contribution is -2.56. The van der Waals surface area contributed by atoms with Crippen LogP contribution in [0.2, 0.25) is 0 Å². The zero-order valence-electron chi connectivity index (χ0n) is 20.2. The van der Waals surface area contributed by atoms with E-state index < -0.39 is 22.6 Å². The van der Waals surface area contributed by atoms with E-state index in [9.17, 15) is 14.4 Å². The maximum absolute atomic E-state index is 14.0. The molecule has 1 spiro atoms. The summed E-state index contributed by atoms with van der Waals surface area (Å²) in [5, 5.41) is 9.21. The first-order valence-electron chi connectivity index (χ1n) is 12.1. The standard InChI is InChI=1S/C25H39N3O4S/c1-6-13-26(5)22(30)19-18-11-12-25(33-18)20(19)23(31)28(15-9-8-10-16-29)21(25)24(32)27(14-7-2)17(3)4/h6-7,17-21,29H,1-2,8-16H2,3-5H3/t18-,19+,20-,21?,25?/m0/s1. The van der Waals surface area contributed by atoms with Gasteiger partial charge in [-0.15, -0.1) is 24.9 Å². The minimum absolute atomic E-state index is 0.0166. The van der Waals surface area contributed by atoms with Crippen LogP contribution in [0, 0.1) is 11.8 Å². The second-order valence-corrected chi connectivity index (χ2v) is 11.4. The van der Waals surface area contributed by atoms with Gasteiger partial charge < -0.3 is 19.8 Å². The quantitative estimate of drug-likeness (QED) is 0.345. The van der Waals surface area contributed by atoms with Crippen molar-refractivity contribution in [2.24, 2.45) is 11.8 Å². The van der Waals surface area contributed by atoms with Crippen molar-refractivity contribution in [3.8, 4) is 0 Å². The molecule has 3 aliphatic rings. The lowest BCUT2D eigenvalue weighted by atomic mass is 9.70. The third-order valence-corrected chi connectivity index (χ3v) is 9.34. The number of rotatable bonds is 12. The molecule has 0 radical (unpaired) electrons. The van der Waals surface area contributed by atoms with Crippen molar-refractivity contribution in [3.05, 3.63) is 25.3 Å². The van der Waals surface area contributed by atoms with Gasteiger partial charge in [-0.25, -0.2) is 0 Å². The predicted molar refractivity (Wildman–Crippen MR) is 132 cm³/mol. The van der Waals surface area contributed by atoms with Gasteiger partial charge in [0.25, 0.3) is 0 Å². The van der Waals surface area contributed by atoms with E-state index in [0.717, 1.165) is 25.7 Å². The number of fused-ring (bicyclic) bond motifs is 1. The molecule has 0 aliphatic carbocycles. The van der Waals surface area contributed by atoms with E-state index in [1.807, 2.05) is 13.8 Å². The number of thioether (sulfide) groups is 1. The van der Waals surface area contributed by atoms with Gasteiger partial charge in [0, 0.05) is 44.6 Å². The van der Waals surface area contributed by atoms with Crippen LogP contribution in [0.5, 0.6) is 0 Å². The van der Waals surface area contributed by atoms with Crippen LogP contribution in [-0.2, 0) is 14.4 Å². The maximum atomic E-state index is 14.0. The largest absolute Gasteiger partial charge is 0.396 e. The van der Waals surface area contributed by atoms with Gasteiger partial charge in [-0.05, 0) is 46.0 Å². The van der Waals surface area contributed by atoms with Crippen LogP contribution in [0.1, 0.15) is 46.0 Å². The first kappa shape index (κ1) is 25.8. The van der Waals surface area contributed by atoms with Gasteiger partial charge in [0.2, 0.25) is 17.7 Å². The van der Waals surface area contributed by atoms with Crippen LogP contribution in [0.25, 0.3) is 0 Å². The van der Waals surface area contributed by atoms with Crippen molar-refractivity contribution in [2.75, 3.05) is 33.3 Å². The van der Waals surface area contributed by atoms with Crippen molar-refractivity contribution in [3.63, 3.8) is 0 Å². The summed E-state index contributed by atoms with van der Waals surface area (Å²) in [6.45, 7) is 13.0. The van der Waals surface area contributed by atoms with E-state index >= 15 is 0 Å². The third-order valence-electron chi connectivity index (χ3n) is 7.39. The van der Waals surface area contributed by atoms with E-state index in [2.05, 4.69) is 13.2 Å². The Bertz CT molecular complexity index is 788. The number of carbonyl (C=O) groups excluding carboxylic acids is 3. The SMILES string of the molecule is C=CCN(C)C(=O)[C@@H]1[C@@H]2CCC3(S2)C(C(=O)N(CC=C)C(C)C)N(CCCCCO)C(=O)[C@H]13. The smallest absolute Gasteiger partial charge is 0.247 e. The molecule has 0 saturated carbocycles. The Morgan fingerprint density at radius 3 is 2.52 bits per heavy atom. The van der Waals surface area contributed by atoms with E-state index in [-0.39, 0.29) is 35.6 Å². The Balaban J connectivity index is 1.98. The average molecular weight is 478 g/mol. The second kappa shape index (κ2) is 10.6. The van der Waals surface area contributed by atoms with Crippen molar-refractivity contribution in [1.82, 2.24) is 14.7 Å².